The third-order valence-electron chi connectivity index (χ3n) is 12.1. The third kappa shape index (κ3) is 5.33. The minimum absolute atomic E-state index is 0.132. The smallest absolute Gasteiger partial charge is 0.136 e. The lowest BCUT2D eigenvalue weighted by Gasteiger charge is -2.30. The summed E-state index contributed by atoms with van der Waals surface area (Å²) in [6, 6.07) is 72.8. The van der Waals surface area contributed by atoms with Crippen LogP contribution in [-0.4, -0.2) is 0 Å². The highest BCUT2D eigenvalue weighted by Gasteiger charge is 2.36. The Morgan fingerprint density at radius 1 is 0.386 bits per heavy atom. The first-order valence-electron chi connectivity index (χ1n) is 19.8. The third-order valence-corrected chi connectivity index (χ3v) is 12.1. The van der Waals surface area contributed by atoms with Gasteiger partial charge in [0.1, 0.15) is 11.2 Å². The number of hydrogen-bond acceptors (Lipinski definition) is 2. The Kier molecular flexibility index (Phi) is 7.55. The molecular weight excluding hydrogens is 691 g/mol. The first-order valence-corrected chi connectivity index (χ1v) is 19.8. The van der Waals surface area contributed by atoms with Crippen molar-refractivity contribution in [2.45, 2.75) is 19.3 Å². The van der Waals surface area contributed by atoms with E-state index in [4.69, 9.17) is 4.42 Å². The van der Waals surface area contributed by atoms with E-state index in [1.807, 2.05) is 12.1 Å². The molecule has 10 aromatic rings. The predicted molar refractivity (Wildman–Crippen MR) is 240 cm³/mol. The summed E-state index contributed by atoms with van der Waals surface area (Å²) in [6.07, 6.45) is 0. The summed E-state index contributed by atoms with van der Waals surface area (Å²) in [5, 5.41) is 4.75. The summed E-state index contributed by atoms with van der Waals surface area (Å²) >= 11 is 0. The van der Waals surface area contributed by atoms with Gasteiger partial charge in [-0.05, 0) is 109 Å². The Balaban J connectivity index is 1.10. The Hall–Kier alpha value is -7.16. The van der Waals surface area contributed by atoms with Crippen molar-refractivity contribution in [1.82, 2.24) is 0 Å². The normalized spacial score (nSPS) is 12.9. The van der Waals surface area contributed by atoms with Gasteiger partial charge in [-0.2, -0.15) is 0 Å². The van der Waals surface area contributed by atoms with Crippen molar-refractivity contribution in [3.05, 3.63) is 211 Å². The van der Waals surface area contributed by atoms with Gasteiger partial charge in [-0.15, -0.1) is 0 Å². The van der Waals surface area contributed by atoms with Crippen LogP contribution in [0.15, 0.2) is 205 Å². The molecule has 11 rings (SSSR count). The lowest BCUT2D eigenvalue weighted by molar-refractivity contribution is 0.660. The van der Waals surface area contributed by atoms with Gasteiger partial charge in [0.2, 0.25) is 0 Å². The van der Waals surface area contributed by atoms with Crippen LogP contribution in [0.4, 0.5) is 17.1 Å². The zero-order chi connectivity index (χ0) is 38.1. The molecule has 1 heterocycles. The highest BCUT2D eigenvalue weighted by atomic mass is 16.3. The van der Waals surface area contributed by atoms with E-state index < -0.39 is 0 Å². The summed E-state index contributed by atoms with van der Waals surface area (Å²) in [7, 11) is 0. The molecule has 0 spiro atoms. The average molecular weight is 730 g/mol. The van der Waals surface area contributed by atoms with Crippen molar-refractivity contribution in [3.63, 3.8) is 0 Å². The van der Waals surface area contributed by atoms with Crippen LogP contribution >= 0.6 is 0 Å². The molecule has 0 radical (unpaired) electrons. The molecular formula is C55H39NO. The van der Waals surface area contributed by atoms with Gasteiger partial charge in [0.15, 0.2) is 0 Å². The molecule has 0 atom stereocenters. The van der Waals surface area contributed by atoms with Crippen LogP contribution in [0.1, 0.15) is 25.0 Å². The van der Waals surface area contributed by atoms with Crippen LogP contribution < -0.4 is 4.90 Å². The number of benzene rings is 9. The quantitative estimate of drug-likeness (QED) is 0.169. The Labute approximate surface area is 332 Å². The summed E-state index contributed by atoms with van der Waals surface area (Å²) in [4.78, 5) is 2.45. The predicted octanol–water partition coefficient (Wildman–Crippen LogP) is 15.5. The number of nitrogens with zero attached hydrogens (tertiary/aromatic N) is 1. The molecule has 0 bridgehead atoms. The molecule has 2 nitrogen and oxygen atoms in total. The van der Waals surface area contributed by atoms with Gasteiger partial charge >= 0.3 is 0 Å². The minimum Gasteiger partial charge on any atom is -0.456 e. The fraction of sp³-hybridized carbons (Fsp3) is 0.0545. The van der Waals surface area contributed by atoms with Crippen LogP contribution in [0.5, 0.6) is 0 Å². The number of furan rings is 1. The maximum Gasteiger partial charge on any atom is 0.136 e. The highest BCUT2D eigenvalue weighted by molar-refractivity contribution is 6.09. The Morgan fingerprint density at radius 2 is 1.02 bits per heavy atom. The van der Waals surface area contributed by atoms with E-state index in [1.165, 1.54) is 55.3 Å². The molecule has 9 aromatic carbocycles. The van der Waals surface area contributed by atoms with Crippen LogP contribution in [0.3, 0.4) is 0 Å². The van der Waals surface area contributed by atoms with E-state index in [0.717, 1.165) is 50.1 Å². The van der Waals surface area contributed by atoms with Crippen molar-refractivity contribution in [2.75, 3.05) is 4.90 Å². The molecule has 2 heteroatoms. The molecule has 0 fully saturated rings. The number of para-hydroxylation sites is 2. The molecule has 0 saturated carbocycles. The van der Waals surface area contributed by atoms with Crippen molar-refractivity contribution in [1.29, 1.82) is 0 Å². The number of hydrogen-bond donors (Lipinski definition) is 0. The molecule has 270 valence electrons. The van der Waals surface area contributed by atoms with Crippen LogP contribution in [0, 0.1) is 0 Å². The topological polar surface area (TPSA) is 16.4 Å². The second-order valence-electron chi connectivity index (χ2n) is 15.7. The van der Waals surface area contributed by atoms with Gasteiger partial charge in [-0.3, -0.25) is 0 Å². The monoisotopic (exact) mass is 729 g/mol. The first kappa shape index (κ1) is 33.2. The molecule has 0 unspecified atom stereocenters. The minimum atomic E-state index is -0.132. The standard InChI is InChI=1S/C55H39NO/c1-55(2)49-23-9-6-18-43(49)44-33-31-41(35-50(44)55)56(40-29-26-36(27-30-40)39-28-32-47-46-20-8-11-25-52(46)57-53(47)34-39)51-24-10-7-19-45(51)48-22-13-17-38-16-12-21-42(54(38)48)37-14-4-3-5-15-37/h3-35H,1-2H3. The van der Waals surface area contributed by atoms with Crippen molar-refractivity contribution in [3.8, 4) is 44.5 Å². The van der Waals surface area contributed by atoms with E-state index in [-0.39, 0.29) is 5.41 Å². The Morgan fingerprint density at radius 3 is 1.86 bits per heavy atom. The van der Waals surface area contributed by atoms with Crippen molar-refractivity contribution in [2.24, 2.45) is 0 Å². The average Bonchev–Trinajstić information content (AvgIpc) is 3.75. The number of fused-ring (bicyclic) bond motifs is 7. The van der Waals surface area contributed by atoms with Gasteiger partial charge in [-0.1, -0.05) is 166 Å². The molecule has 0 aliphatic heterocycles. The largest absolute Gasteiger partial charge is 0.456 e. The molecule has 0 amide bonds. The highest BCUT2D eigenvalue weighted by Crippen LogP contribution is 2.52. The van der Waals surface area contributed by atoms with Crippen LogP contribution in [0.25, 0.3) is 77.2 Å². The molecule has 0 N–H and O–H groups in total. The fourth-order valence-corrected chi connectivity index (χ4v) is 9.29. The summed E-state index contributed by atoms with van der Waals surface area (Å²) < 4.78 is 6.28. The second kappa shape index (κ2) is 13.0. The zero-order valence-corrected chi connectivity index (χ0v) is 31.9. The number of anilines is 3. The van der Waals surface area contributed by atoms with Gasteiger partial charge in [0.05, 0.1) is 5.69 Å². The summed E-state index contributed by atoms with van der Waals surface area (Å²) in [5.74, 6) is 0. The molecule has 1 aromatic heterocycles. The second-order valence-corrected chi connectivity index (χ2v) is 15.7. The lowest BCUT2D eigenvalue weighted by atomic mass is 9.82. The zero-order valence-electron chi connectivity index (χ0n) is 31.9. The fourth-order valence-electron chi connectivity index (χ4n) is 9.29. The lowest BCUT2D eigenvalue weighted by Crippen LogP contribution is -2.16. The van der Waals surface area contributed by atoms with E-state index in [0.29, 0.717) is 0 Å². The van der Waals surface area contributed by atoms with E-state index in [9.17, 15) is 0 Å². The maximum atomic E-state index is 6.28. The van der Waals surface area contributed by atoms with Gasteiger partial charge in [-0.25, -0.2) is 0 Å². The molecule has 1 aliphatic carbocycles. The van der Waals surface area contributed by atoms with Crippen molar-refractivity contribution < 1.29 is 4.42 Å². The van der Waals surface area contributed by atoms with Gasteiger partial charge < -0.3 is 9.32 Å². The van der Waals surface area contributed by atoms with E-state index >= 15 is 0 Å². The molecule has 57 heavy (non-hydrogen) atoms. The maximum absolute atomic E-state index is 6.28. The first-order chi connectivity index (χ1) is 28.0. The Bertz CT molecular complexity index is 3150. The SMILES string of the molecule is CC1(C)c2ccccc2-c2ccc(N(c3ccc(-c4ccc5c(c4)oc4ccccc45)cc3)c3ccccc3-c3cccc4cccc(-c5ccccc5)c34)cc21. The van der Waals surface area contributed by atoms with Gasteiger partial charge in [0.25, 0.3) is 0 Å². The van der Waals surface area contributed by atoms with Gasteiger partial charge in [0, 0.05) is 33.1 Å². The molecule has 0 saturated heterocycles. The van der Waals surface area contributed by atoms with E-state index in [1.54, 1.807) is 0 Å². The van der Waals surface area contributed by atoms with Crippen molar-refractivity contribution >= 4 is 49.8 Å². The molecule has 1 aliphatic rings. The van der Waals surface area contributed by atoms with Crippen LogP contribution in [-0.2, 0) is 5.41 Å². The summed E-state index contributed by atoms with van der Waals surface area (Å²) in [5.41, 5.74) is 17.5. The summed E-state index contributed by atoms with van der Waals surface area (Å²) in [6.45, 7) is 4.71. The number of rotatable bonds is 6. The van der Waals surface area contributed by atoms with Crippen LogP contribution in [0.2, 0.25) is 0 Å². The van der Waals surface area contributed by atoms with E-state index in [2.05, 4.69) is 207 Å².